The van der Waals surface area contributed by atoms with E-state index in [-0.39, 0.29) is 11.6 Å². The van der Waals surface area contributed by atoms with E-state index >= 15 is 0 Å². The van der Waals surface area contributed by atoms with Gasteiger partial charge in [-0.25, -0.2) is 5.01 Å². The van der Waals surface area contributed by atoms with E-state index in [1.54, 1.807) is 12.1 Å². The number of thioether (sulfide) groups is 1. The maximum absolute atomic E-state index is 11.8. The van der Waals surface area contributed by atoms with Crippen LogP contribution in [0.1, 0.15) is 19.3 Å². The Morgan fingerprint density at radius 2 is 1.90 bits per heavy atom. The van der Waals surface area contributed by atoms with E-state index in [2.05, 4.69) is 5.43 Å². The van der Waals surface area contributed by atoms with Crippen LogP contribution in [0.5, 0.6) is 0 Å². The number of hydrogen-bond acceptors (Lipinski definition) is 5. The summed E-state index contributed by atoms with van der Waals surface area (Å²) in [5.74, 6) is 0.282. The molecule has 1 fully saturated rings. The minimum Gasteiger partial charge on any atom is -0.288 e. The van der Waals surface area contributed by atoms with Gasteiger partial charge in [-0.3, -0.25) is 20.3 Å². The smallest absolute Gasteiger partial charge is 0.269 e. The Morgan fingerprint density at radius 1 is 1.25 bits per heavy atom. The molecule has 0 unspecified atom stereocenters. The maximum Gasteiger partial charge on any atom is 0.269 e. The van der Waals surface area contributed by atoms with Gasteiger partial charge in [0.25, 0.3) is 5.69 Å². The Bertz CT molecular complexity index is 472. The predicted octanol–water partition coefficient (Wildman–Crippen LogP) is 2.20. The first kappa shape index (κ1) is 14.8. The van der Waals surface area contributed by atoms with Crippen LogP contribution < -0.4 is 5.43 Å². The number of nitro benzene ring substituents is 1. The molecule has 20 heavy (non-hydrogen) atoms. The number of amides is 1. The number of carbonyl (C=O) groups is 1. The summed E-state index contributed by atoms with van der Waals surface area (Å²) in [4.78, 5) is 22.7. The molecule has 2 rings (SSSR count). The fourth-order valence-corrected chi connectivity index (χ4v) is 2.72. The zero-order valence-electron chi connectivity index (χ0n) is 11.1. The molecule has 1 aliphatic rings. The quantitative estimate of drug-likeness (QED) is 0.512. The van der Waals surface area contributed by atoms with E-state index < -0.39 is 4.92 Å². The molecule has 1 aliphatic heterocycles. The highest BCUT2D eigenvalue weighted by molar-refractivity contribution is 8.00. The van der Waals surface area contributed by atoms with Gasteiger partial charge in [-0.15, -0.1) is 11.8 Å². The minimum atomic E-state index is -0.433. The monoisotopic (exact) mass is 295 g/mol. The molecule has 0 atom stereocenters. The molecule has 0 aromatic heterocycles. The van der Waals surface area contributed by atoms with Crippen molar-refractivity contribution in [2.45, 2.75) is 24.2 Å². The van der Waals surface area contributed by atoms with Crippen LogP contribution >= 0.6 is 11.8 Å². The zero-order valence-corrected chi connectivity index (χ0v) is 11.9. The van der Waals surface area contributed by atoms with Crippen LogP contribution in [0.2, 0.25) is 0 Å². The fourth-order valence-electron chi connectivity index (χ4n) is 2.03. The summed E-state index contributed by atoms with van der Waals surface area (Å²) >= 11 is 1.38. The van der Waals surface area contributed by atoms with Crippen LogP contribution in [0.4, 0.5) is 5.69 Å². The Kier molecular flexibility index (Phi) is 5.37. The van der Waals surface area contributed by atoms with Crippen molar-refractivity contribution in [3.63, 3.8) is 0 Å². The SMILES string of the molecule is O=C(CSc1ccc([N+](=O)[O-])cc1)NN1CCCCC1. The number of benzene rings is 1. The molecule has 1 N–H and O–H groups in total. The highest BCUT2D eigenvalue weighted by Crippen LogP contribution is 2.21. The summed E-state index contributed by atoms with van der Waals surface area (Å²) < 4.78 is 0. The molecule has 1 heterocycles. The molecule has 1 amide bonds. The topological polar surface area (TPSA) is 75.5 Å². The Morgan fingerprint density at radius 3 is 2.50 bits per heavy atom. The number of non-ortho nitro benzene ring substituents is 1. The van der Waals surface area contributed by atoms with E-state index in [4.69, 9.17) is 0 Å². The zero-order chi connectivity index (χ0) is 14.4. The van der Waals surface area contributed by atoms with Gasteiger partial charge in [0.1, 0.15) is 0 Å². The third-order valence-corrected chi connectivity index (χ3v) is 4.07. The number of hydrogen-bond donors (Lipinski definition) is 1. The number of nitrogens with zero attached hydrogens (tertiary/aromatic N) is 2. The van der Waals surface area contributed by atoms with Crippen LogP contribution in [-0.4, -0.2) is 34.7 Å². The van der Waals surface area contributed by atoms with Gasteiger partial charge < -0.3 is 0 Å². The Hall–Kier alpha value is -1.60. The molecule has 0 radical (unpaired) electrons. The second-order valence-corrected chi connectivity index (χ2v) is 5.67. The predicted molar refractivity (Wildman–Crippen MR) is 77.4 cm³/mol. The first-order valence-electron chi connectivity index (χ1n) is 6.57. The Balaban J connectivity index is 1.76. The van der Waals surface area contributed by atoms with Crippen molar-refractivity contribution in [1.82, 2.24) is 10.4 Å². The summed E-state index contributed by atoms with van der Waals surface area (Å²) in [6.45, 7) is 1.82. The van der Waals surface area contributed by atoms with Gasteiger partial charge in [0.2, 0.25) is 5.91 Å². The average Bonchev–Trinajstić information content (AvgIpc) is 2.46. The summed E-state index contributed by atoms with van der Waals surface area (Å²) in [5, 5.41) is 12.5. The molecule has 0 bridgehead atoms. The molecule has 1 saturated heterocycles. The number of piperidine rings is 1. The fraction of sp³-hybridized carbons (Fsp3) is 0.462. The highest BCUT2D eigenvalue weighted by atomic mass is 32.2. The summed E-state index contributed by atoms with van der Waals surface area (Å²) in [7, 11) is 0. The van der Waals surface area contributed by atoms with Gasteiger partial charge in [-0.05, 0) is 25.0 Å². The number of nitrogens with one attached hydrogen (secondary N) is 1. The standard InChI is InChI=1S/C13H17N3O3S/c17-13(14-15-8-2-1-3-9-15)10-20-12-6-4-11(5-7-12)16(18)19/h4-7H,1-3,8-10H2,(H,14,17). The summed E-state index contributed by atoms with van der Waals surface area (Å²) in [6.07, 6.45) is 3.47. The van der Waals surface area contributed by atoms with Gasteiger partial charge in [0.15, 0.2) is 0 Å². The van der Waals surface area contributed by atoms with Gasteiger partial charge >= 0.3 is 0 Å². The molecule has 1 aromatic carbocycles. The third kappa shape index (κ3) is 4.50. The lowest BCUT2D eigenvalue weighted by Crippen LogP contribution is -2.45. The van der Waals surface area contributed by atoms with Crippen LogP contribution in [0.15, 0.2) is 29.2 Å². The minimum absolute atomic E-state index is 0.0322. The summed E-state index contributed by atoms with van der Waals surface area (Å²) in [5.41, 5.74) is 2.95. The number of hydrazine groups is 1. The maximum atomic E-state index is 11.8. The van der Waals surface area contributed by atoms with E-state index in [1.807, 2.05) is 5.01 Å². The average molecular weight is 295 g/mol. The lowest BCUT2D eigenvalue weighted by atomic mass is 10.2. The van der Waals surface area contributed by atoms with Crippen LogP contribution in [0.3, 0.4) is 0 Å². The van der Waals surface area contributed by atoms with Crippen molar-refractivity contribution < 1.29 is 9.72 Å². The lowest BCUT2D eigenvalue weighted by molar-refractivity contribution is -0.384. The van der Waals surface area contributed by atoms with Gasteiger partial charge in [0.05, 0.1) is 10.7 Å². The normalized spacial score (nSPS) is 15.8. The molecule has 0 saturated carbocycles. The van der Waals surface area contributed by atoms with Crippen LogP contribution in [0.25, 0.3) is 0 Å². The molecule has 1 aromatic rings. The van der Waals surface area contributed by atoms with E-state index in [0.717, 1.165) is 30.8 Å². The van der Waals surface area contributed by atoms with Gasteiger partial charge in [-0.2, -0.15) is 0 Å². The largest absolute Gasteiger partial charge is 0.288 e. The first-order valence-corrected chi connectivity index (χ1v) is 7.55. The third-order valence-electron chi connectivity index (χ3n) is 3.06. The van der Waals surface area contributed by atoms with E-state index in [0.29, 0.717) is 5.75 Å². The first-order chi connectivity index (χ1) is 9.65. The molecule has 6 nitrogen and oxygen atoms in total. The molecular weight excluding hydrogens is 278 g/mol. The highest BCUT2D eigenvalue weighted by Gasteiger charge is 2.13. The van der Waals surface area contributed by atoms with Gasteiger partial charge in [-0.1, -0.05) is 6.42 Å². The van der Waals surface area contributed by atoms with Crippen molar-refractivity contribution >= 4 is 23.4 Å². The molecule has 0 spiro atoms. The second-order valence-electron chi connectivity index (χ2n) is 4.62. The number of rotatable bonds is 5. The second kappa shape index (κ2) is 7.25. The number of carbonyl (C=O) groups excluding carboxylic acids is 1. The molecule has 0 aliphatic carbocycles. The van der Waals surface area contributed by atoms with Crippen LogP contribution in [-0.2, 0) is 4.79 Å². The van der Waals surface area contributed by atoms with Gasteiger partial charge in [0, 0.05) is 30.1 Å². The van der Waals surface area contributed by atoms with E-state index in [1.165, 1.54) is 30.3 Å². The van der Waals surface area contributed by atoms with Crippen molar-refractivity contribution in [3.05, 3.63) is 34.4 Å². The molecule has 7 heteroatoms. The van der Waals surface area contributed by atoms with E-state index in [9.17, 15) is 14.9 Å². The summed E-state index contributed by atoms with van der Waals surface area (Å²) in [6, 6.07) is 6.23. The van der Waals surface area contributed by atoms with Crippen molar-refractivity contribution in [1.29, 1.82) is 0 Å². The van der Waals surface area contributed by atoms with Crippen molar-refractivity contribution in [3.8, 4) is 0 Å². The van der Waals surface area contributed by atoms with Crippen LogP contribution in [0, 0.1) is 10.1 Å². The lowest BCUT2D eigenvalue weighted by Gasteiger charge is -2.26. The Labute approximate surface area is 121 Å². The van der Waals surface area contributed by atoms with Crippen molar-refractivity contribution in [2.24, 2.45) is 0 Å². The molecule has 108 valence electrons. The number of nitro groups is 1. The molecular formula is C13H17N3O3S. The van der Waals surface area contributed by atoms with Crippen molar-refractivity contribution in [2.75, 3.05) is 18.8 Å².